The van der Waals surface area contributed by atoms with Crippen molar-refractivity contribution in [3.8, 4) is 0 Å². The Morgan fingerprint density at radius 3 is 2.33 bits per heavy atom. The van der Waals surface area contributed by atoms with Gasteiger partial charge >= 0.3 is 0 Å². The van der Waals surface area contributed by atoms with Crippen molar-refractivity contribution < 1.29 is 18.6 Å². The van der Waals surface area contributed by atoms with Crippen LogP contribution < -0.4 is 5.73 Å². The molecule has 6 nitrogen and oxygen atoms in total. The first-order valence-electron chi connectivity index (χ1n) is 5.23. The molecule has 0 aromatic heterocycles. The molecule has 1 fully saturated rings. The highest BCUT2D eigenvalue weighted by atomic mass is 79.9. The predicted molar refractivity (Wildman–Crippen MR) is 69.3 cm³/mol. The number of anilines is 1. The topological polar surface area (TPSA) is 104 Å². The molecule has 1 aliphatic rings. The lowest BCUT2D eigenvalue weighted by Crippen LogP contribution is -2.30. The molecule has 18 heavy (non-hydrogen) atoms. The molecular weight excluding hydrogens is 324 g/mol. The van der Waals surface area contributed by atoms with Gasteiger partial charge in [-0.15, -0.1) is 0 Å². The van der Waals surface area contributed by atoms with E-state index in [1.807, 2.05) is 0 Å². The lowest BCUT2D eigenvalue weighted by molar-refractivity contribution is 0.0572. The molecule has 1 heterocycles. The van der Waals surface area contributed by atoms with Gasteiger partial charge in [0.05, 0.1) is 17.1 Å². The monoisotopic (exact) mass is 336 g/mol. The Hall–Kier alpha value is -0.670. The molecule has 2 unspecified atom stereocenters. The maximum absolute atomic E-state index is 12.2. The van der Waals surface area contributed by atoms with Crippen LogP contribution in [0.2, 0.25) is 0 Å². The van der Waals surface area contributed by atoms with Crippen molar-refractivity contribution in [1.82, 2.24) is 4.31 Å². The van der Waals surface area contributed by atoms with E-state index < -0.39 is 22.2 Å². The second-order valence-electron chi connectivity index (χ2n) is 4.14. The third-order valence-corrected chi connectivity index (χ3v) is 5.38. The van der Waals surface area contributed by atoms with Crippen LogP contribution in [-0.2, 0) is 10.0 Å². The summed E-state index contributed by atoms with van der Waals surface area (Å²) < 4.78 is 26.1. The number of aliphatic hydroxyl groups excluding tert-OH is 2. The third-order valence-electron chi connectivity index (χ3n) is 2.83. The minimum absolute atomic E-state index is 0.0458. The van der Waals surface area contributed by atoms with E-state index in [-0.39, 0.29) is 18.0 Å². The maximum atomic E-state index is 12.2. The van der Waals surface area contributed by atoms with Crippen LogP contribution >= 0.6 is 15.9 Å². The Balaban J connectivity index is 2.34. The molecule has 0 bridgehead atoms. The molecule has 1 aromatic rings. The minimum atomic E-state index is -3.73. The summed E-state index contributed by atoms with van der Waals surface area (Å²) in [6.45, 7) is -0.223. The van der Waals surface area contributed by atoms with E-state index in [0.29, 0.717) is 10.2 Å². The number of nitrogens with two attached hydrogens (primary N) is 1. The van der Waals surface area contributed by atoms with Crippen molar-refractivity contribution in [1.29, 1.82) is 0 Å². The fourth-order valence-electron chi connectivity index (χ4n) is 1.76. The van der Waals surface area contributed by atoms with Gasteiger partial charge in [-0.05, 0) is 34.1 Å². The van der Waals surface area contributed by atoms with Gasteiger partial charge in [-0.2, -0.15) is 4.31 Å². The average Bonchev–Trinajstić information content (AvgIpc) is 2.64. The molecule has 0 saturated carbocycles. The lowest BCUT2D eigenvalue weighted by atomic mass is 10.3. The molecule has 0 aliphatic carbocycles. The molecule has 0 spiro atoms. The first-order valence-corrected chi connectivity index (χ1v) is 7.47. The second-order valence-corrected chi connectivity index (χ2v) is 6.93. The van der Waals surface area contributed by atoms with Gasteiger partial charge in [0, 0.05) is 23.2 Å². The normalized spacial score (nSPS) is 25.5. The number of nitrogens with zero attached hydrogens (tertiary/aromatic N) is 1. The van der Waals surface area contributed by atoms with Gasteiger partial charge in [-0.3, -0.25) is 0 Å². The van der Waals surface area contributed by atoms with Crippen LogP contribution in [0.5, 0.6) is 0 Å². The zero-order valence-corrected chi connectivity index (χ0v) is 11.7. The molecule has 1 saturated heterocycles. The van der Waals surface area contributed by atoms with Crippen LogP contribution in [-0.4, -0.2) is 48.2 Å². The number of benzene rings is 1. The Morgan fingerprint density at radius 2 is 1.83 bits per heavy atom. The number of halogens is 1. The third kappa shape index (κ3) is 2.39. The van der Waals surface area contributed by atoms with Crippen molar-refractivity contribution in [2.75, 3.05) is 18.8 Å². The molecule has 1 aliphatic heterocycles. The maximum Gasteiger partial charge on any atom is 0.243 e. The van der Waals surface area contributed by atoms with E-state index in [1.165, 1.54) is 12.1 Å². The Kier molecular flexibility index (Phi) is 3.65. The second kappa shape index (κ2) is 4.78. The molecule has 2 atom stereocenters. The SMILES string of the molecule is Nc1cc(S(=O)(=O)N2CC(O)C(O)C2)ccc1Br. The summed E-state index contributed by atoms with van der Waals surface area (Å²) in [6.07, 6.45) is -2.10. The van der Waals surface area contributed by atoms with E-state index in [0.717, 1.165) is 4.31 Å². The number of hydrogen-bond acceptors (Lipinski definition) is 5. The first kappa shape index (κ1) is 13.8. The van der Waals surface area contributed by atoms with Crippen molar-refractivity contribution in [3.63, 3.8) is 0 Å². The van der Waals surface area contributed by atoms with Gasteiger partial charge in [0.15, 0.2) is 0 Å². The number of rotatable bonds is 2. The number of β-amino-alcohol motifs (C(OH)–C–C–N with tert-alkyl or cyclic N) is 2. The molecule has 1 aromatic carbocycles. The average molecular weight is 337 g/mol. The molecular formula is C10H13BrN2O4S. The van der Waals surface area contributed by atoms with Gasteiger partial charge in [0.2, 0.25) is 10.0 Å². The van der Waals surface area contributed by atoms with Crippen LogP contribution in [0.15, 0.2) is 27.6 Å². The number of sulfonamides is 1. The summed E-state index contributed by atoms with van der Waals surface area (Å²) in [6, 6.07) is 4.31. The largest absolute Gasteiger partial charge is 0.398 e. The van der Waals surface area contributed by atoms with E-state index in [1.54, 1.807) is 6.07 Å². The van der Waals surface area contributed by atoms with E-state index in [9.17, 15) is 18.6 Å². The Labute approximate surface area is 113 Å². The number of aliphatic hydroxyl groups is 2. The summed E-state index contributed by atoms with van der Waals surface area (Å²) in [5, 5.41) is 18.8. The Morgan fingerprint density at radius 1 is 1.28 bits per heavy atom. The minimum Gasteiger partial charge on any atom is -0.398 e. The van der Waals surface area contributed by atoms with Crippen LogP contribution in [0.25, 0.3) is 0 Å². The fraction of sp³-hybridized carbons (Fsp3) is 0.400. The summed E-state index contributed by atoms with van der Waals surface area (Å²) in [7, 11) is -3.73. The standard InChI is InChI=1S/C10H13BrN2O4S/c11-7-2-1-6(3-8(7)12)18(16,17)13-4-9(14)10(15)5-13/h1-3,9-10,14-15H,4-5,12H2. The zero-order chi connectivity index (χ0) is 13.5. The molecule has 0 amide bonds. The van der Waals surface area contributed by atoms with Crippen molar-refractivity contribution in [2.24, 2.45) is 0 Å². The Bertz CT molecular complexity index is 553. The lowest BCUT2D eigenvalue weighted by Gasteiger charge is -2.16. The van der Waals surface area contributed by atoms with Gasteiger partial charge in [-0.25, -0.2) is 8.42 Å². The summed E-state index contributed by atoms with van der Waals surface area (Å²) in [4.78, 5) is 0.0458. The fourth-order valence-corrected chi connectivity index (χ4v) is 3.52. The highest BCUT2D eigenvalue weighted by Gasteiger charge is 2.37. The molecule has 8 heteroatoms. The highest BCUT2D eigenvalue weighted by molar-refractivity contribution is 9.10. The summed E-state index contributed by atoms with van der Waals surface area (Å²) in [5.74, 6) is 0. The van der Waals surface area contributed by atoms with Crippen molar-refractivity contribution in [2.45, 2.75) is 17.1 Å². The zero-order valence-electron chi connectivity index (χ0n) is 9.32. The van der Waals surface area contributed by atoms with Crippen LogP contribution in [0.1, 0.15) is 0 Å². The van der Waals surface area contributed by atoms with E-state index in [4.69, 9.17) is 5.73 Å². The van der Waals surface area contributed by atoms with Gasteiger partial charge in [0.1, 0.15) is 0 Å². The summed E-state index contributed by atoms with van der Waals surface area (Å²) in [5.41, 5.74) is 5.96. The van der Waals surface area contributed by atoms with E-state index in [2.05, 4.69) is 15.9 Å². The molecule has 4 N–H and O–H groups in total. The van der Waals surface area contributed by atoms with Crippen molar-refractivity contribution in [3.05, 3.63) is 22.7 Å². The van der Waals surface area contributed by atoms with Crippen LogP contribution in [0, 0.1) is 0 Å². The van der Waals surface area contributed by atoms with Crippen LogP contribution in [0.3, 0.4) is 0 Å². The molecule has 100 valence electrons. The van der Waals surface area contributed by atoms with E-state index >= 15 is 0 Å². The quantitative estimate of drug-likeness (QED) is 0.646. The number of nitrogen functional groups attached to an aromatic ring is 1. The summed E-state index contributed by atoms with van der Waals surface area (Å²) >= 11 is 3.19. The van der Waals surface area contributed by atoms with Gasteiger partial charge < -0.3 is 15.9 Å². The molecule has 0 radical (unpaired) electrons. The van der Waals surface area contributed by atoms with Crippen LogP contribution in [0.4, 0.5) is 5.69 Å². The smallest absolute Gasteiger partial charge is 0.243 e. The highest BCUT2D eigenvalue weighted by Crippen LogP contribution is 2.26. The van der Waals surface area contributed by atoms with Crippen molar-refractivity contribution >= 4 is 31.6 Å². The molecule has 2 rings (SSSR count). The predicted octanol–water partition coefficient (Wildman–Crippen LogP) is -0.243. The van der Waals surface area contributed by atoms with Gasteiger partial charge in [-0.1, -0.05) is 0 Å². The first-order chi connectivity index (χ1) is 8.32. The number of hydrogen-bond donors (Lipinski definition) is 3. The van der Waals surface area contributed by atoms with Gasteiger partial charge in [0.25, 0.3) is 0 Å².